The van der Waals surface area contributed by atoms with Crippen LogP contribution in [-0.2, 0) is 10.0 Å². The van der Waals surface area contributed by atoms with E-state index in [0.29, 0.717) is 13.1 Å². The van der Waals surface area contributed by atoms with Crippen molar-refractivity contribution in [3.63, 3.8) is 0 Å². The molecule has 8 nitrogen and oxygen atoms in total. The number of nitrogens with one attached hydrogen (secondary N) is 1. The van der Waals surface area contributed by atoms with Crippen molar-refractivity contribution in [2.75, 3.05) is 18.4 Å². The smallest absolute Gasteiger partial charge is 0.294 e. The maximum absolute atomic E-state index is 12.6. The summed E-state index contributed by atoms with van der Waals surface area (Å²) in [4.78, 5) is 23.0. The van der Waals surface area contributed by atoms with Crippen molar-refractivity contribution >= 4 is 38.9 Å². The highest BCUT2D eigenvalue weighted by molar-refractivity contribution is 7.89. The van der Waals surface area contributed by atoms with Gasteiger partial charge in [0.05, 0.1) is 9.82 Å². The van der Waals surface area contributed by atoms with Crippen LogP contribution in [0.3, 0.4) is 0 Å². The summed E-state index contributed by atoms with van der Waals surface area (Å²) in [6, 6.07) is 9.47. The van der Waals surface area contributed by atoms with E-state index < -0.39 is 20.9 Å². The molecule has 1 fully saturated rings. The van der Waals surface area contributed by atoms with Gasteiger partial charge in [-0.15, -0.1) is 0 Å². The minimum Gasteiger partial charge on any atom is -0.316 e. The fraction of sp³-hybridized carbons (Fsp3) is 0.235. The number of rotatable bonds is 5. The number of nitro benzene ring substituents is 1. The summed E-state index contributed by atoms with van der Waals surface area (Å²) >= 11 is 5.76. The predicted molar refractivity (Wildman–Crippen MR) is 100 cm³/mol. The molecule has 1 heterocycles. The summed E-state index contributed by atoms with van der Waals surface area (Å²) in [7, 11) is -3.67. The van der Waals surface area contributed by atoms with Crippen LogP contribution in [0.15, 0.2) is 47.4 Å². The minimum absolute atomic E-state index is 0.0163. The largest absolute Gasteiger partial charge is 0.316 e. The standard InChI is InChI=1S/C17H16ClN3O5S/c18-13-6-7-15(16(11-13)21(23)24)19-17(22)12-4-3-5-14(10-12)27(25,26)20-8-1-2-9-20/h3-7,10-11H,1-2,8-9H2,(H,19,22). The average molecular weight is 410 g/mol. The van der Waals surface area contributed by atoms with Gasteiger partial charge in [-0.2, -0.15) is 4.31 Å². The van der Waals surface area contributed by atoms with E-state index in [9.17, 15) is 23.3 Å². The monoisotopic (exact) mass is 409 g/mol. The summed E-state index contributed by atoms with van der Waals surface area (Å²) in [6.07, 6.45) is 1.61. The maximum Gasteiger partial charge on any atom is 0.294 e. The lowest BCUT2D eigenvalue weighted by atomic mass is 10.2. The lowest BCUT2D eigenvalue weighted by molar-refractivity contribution is -0.383. The van der Waals surface area contributed by atoms with Crippen molar-refractivity contribution in [2.45, 2.75) is 17.7 Å². The Bertz CT molecular complexity index is 1000. The predicted octanol–water partition coefficient (Wildman–Crippen LogP) is 3.29. The molecule has 0 saturated carbocycles. The summed E-state index contributed by atoms with van der Waals surface area (Å²) in [5.41, 5.74) is -0.293. The first-order valence-corrected chi connectivity index (χ1v) is 9.96. The first-order chi connectivity index (χ1) is 12.8. The molecule has 1 aliphatic heterocycles. The molecule has 10 heteroatoms. The van der Waals surface area contributed by atoms with Crippen molar-refractivity contribution in [3.8, 4) is 0 Å². The molecule has 0 atom stereocenters. The zero-order valence-electron chi connectivity index (χ0n) is 14.1. The van der Waals surface area contributed by atoms with Gasteiger partial charge in [-0.1, -0.05) is 17.7 Å². The lowest BCUT2D eigenvalue weighted by Gasteiger charge is -2.16. The molecule has 27 heavy (non-hydrogen) atoms. The van der Waals surface area contributed by atoms with Crippen LogP contribution in [0.5, 0.6) is 0 Å². The van der Waals surface area contributed by atoms with Crippen LogP contribution < -0.4 is 5.32 Å². The van der Waals surface area contributed by atoms with E-state index in [2.05, 4.69) is 5.32 Å². The maximum atomic E-state index is 12.6. The van der Waals surface area contributed by atoms with Crippen LogP contribution in [0.1, 0.15) is 23.2 Å². The number of nitro groups is 1. The van der Waals surface area contributed by atoms with Gasteiger partial charge in [0.25, 0.3) is 11.6 Å². The summed E-state index contributed by atoms with van der Waals surface area (Å²) in [5.74, 6) is -0.654. The Hall–Kier alpha value is -2.49. The molecule has 1 amide bonds. The van der Waals surface area contributed by atoms with Crippen LogP contribution in [0.25, 0.3) is 0 Å². The Morgan fingerprint density at radius 1 is 1.15 bits per heavy atom. The molecular weight excluding hydrogens is 394 g/mol. The number of benzene rings is 2. The third kappa shape index (κ3) is 4.10. The molecule has 1 aliphatic rings. The number of sulfonamides is 1. The molecule has 142 valence electrons. The van der Waals surface area contributed by atoms with E-state index in [0.717, 1.165) is 18.9 Å². The van der Waals surface area contributed by atoms with Gasteiger partial charge in [-0.05, 0) is 43.2 Å². The van der Waals surface area contributed by atoms with Crippen LogP contribution in [0.4, 0.5) is 11.4 Å². The molecule has 0 radical (unpaired) electrons. The van der Waals surface area contributed by atoms with Crippen LogP contribution in [-0.4, -0.2) is 36.6 Å². The van der Waals surface area contributed by atoms with Gasteiger partial charge in [0.15, 0.2) is 0 Å². The number of hydrogen-bond acceptors (Lipinski definition) is 5. The fourth-order valence-electron chi connectivity index (χ4n) is 2.83. The Balaban J connectivity index is 1.88. The van der Waals surface area contributed by atoms with Crippen molar-refractivity contribution in [2.24, 2.45) is 0 Å². The van der Waals surface area contributed by atoms with E-state index in [-0.39, 0.29) is 26.9 Å². The van der Waals surface area contributed by atoms with Crippen molar-refractivity contribution in [1.82, 2.24) is 4.31 Å². The zero-order chi connectivity index (χ0) is 19.6. The quantitative estimate of drug-likeness (QED) is 0.601. The van der Waals surface area contributed by atoms with Gasteiger partial charge in [0.2, 0.25) is 10.0 Å². The number of hydrogen-bond donors (Lipinski definition) is 1. The summed E-state index contributed by atoms with van der Waals surface area (Å²) in [6.45, 7) is 0.908. The Labute approximate surface area is 160 Å². The van der Waals surface area contributed by atoms with Gasteiger partial charge in [0.1, 0.15) is 5.69 Å². The van der Waals surface area contributed by atoms with Gasteiger partial charge >= 0.3 is 0 Å². The van der Waals surface area contributed by atoms with Crippen LogP contribution in [0, 0.1) is 10.1 Å². The highest BCUT2D eigenvalue weighted by Gasteiger charge is 2.27. The number of carbonyl (C=O) groups excluding carboxylic acids is 1. The first kappa shape index (κ1) is 19.3. The van der Waals surface area contributed by atoms with Crippen molar-refractivity contribution in [3.05, 3.63) is 63.2 Å². The number of anilines is 1. The highest BCUT2D eigenvalue weighted by atomic mass is 35.5. The van der Waals surface area contributed by atoms with Crippen molar-refractivity contribution < 1.29 is 18.1 Å². The second kappa shape index (κ2) is 7.63. The number of amides is 1. The molecule has 0 unspecified atom stereocenters. The molecule has 1 N–H and O–H groups in total. The van der Waals surface area contributed by atoms with Gasteiger partial charge in [0, 0.05) is 29.7 Å². The summed E-state index contributed by atoms with van der Waals surface area (Å²) in [5, 5.41) is 13.7. The van der Waals surface area contributed by atoms with E-state index in [1.165, 1.54) is 40.7 Å². The van der Waals surface area contributed by atoms with E-state index in [1.807, 2.05) is 0 Å². The molecule has 0 bridgehead atoms. The number of carbonyl (C=O) groups is 1. The van der Waals surface area contributed by atoms with E-state index >= 15 is 0 Å². The molecule has 3 rings (SSSR count). The molecule has 0 aliphatic carbocycles. The molecule has 2 aromatic carbocycles. The SMILES string of the molecule is O=C(Nc1ccc(Cl)cc1[N+](=O)[O-])c1cccc(S(=O)(=O)N2CCCC2)c1. The number of nitrogens with zero attached hydrogens (tertiary/aromatic N) is 2. The first-order valence-electron chi connectivity index (χ1n) is 8.14. The molecule has 0 aromatic heterocycles. The van der Waals surface area contributed by atoms with E-state index in [4.69, 9.17) is 11.6 Å². The van der Waals surface area contributed by atoms with E-state index in [1.54, 1.807) is 0 Å². The van der Waals surface area contributed by atoms with Gasteiger partial charge in [-0.3, -0.25) is 14.9 Å². The molecule has 1 saturated heterocycles. The Kier molecular flexibility index (Phi) is 5.45. The Morgan fingerprint density at radius 2 is 1.85 bits per heavy atom. The summed E-state index contributed by atoms with van der Waals surface area (Å²) < 4.78 is 26.7. The normalized spacial score (nSPS) is 14.9. The third-order valence-corrected chi connectivity index (χ3v) is 6.33. The van der Waals surface area contributed by atoms with Gasteiger partial charge in [-0.25, -0.2) is 8.42 Å². The Morgan fingerprint density at radius 3 is 2.52 bits per heavy atom. The van der Waals surface area contributed by atoms with Crippen molar-refractivity contribution in [1.29, 1.82) is 0 Å². The topological polar surface area (TPSA) is 110 Å². The lowest BCUT2D eigenvalue weighted by Crippen LogP contribution is -2.28. The second-order valence-corrected chi connectivity index (χ2v) is 8.39. The average Bonchev–Trinajstić information content (AvgIpc) is 3.18. The minimum atomic E-state index is -3.67. The van der Waals surface area contributed by atoms with Crippen LogP contribution >= 0.6 is 11.6 Å². The zero-order valence-corrected chi connectivity index (χ0v) is 15.7. The second-order valence-electron chi connectivity index (χ2n) is 6.01. The number of halogens is 1. The highest BCUT2D eigenvalue weighted by Crippen LogP contribution is 2.28. The van der Waals surface area contributed by atoms with Gasteiger partial charge < -0.3 is 5.32 Å². The molecule has 0 spiro atoms. The third-order valence-electron chi connectivity index (χ3n) is 4.20. The fourth-order valence-corrected chi connectivity index (χ4v) is 4.56. The van der Waals surface area contributed by atoms with Crippen LogP contribution in [0.2, 0.25) is 5.02 Å². The molecular formula is C17H16ClN3O5S. The molecule has 2 aromatic rings.